The lowest BCUT2D eigenvalue weighted by Gasteiger charge is -2.23. The summed E-state index contributed by atoms with van der Waals surface area (Å²) in [6, 6.07) is 15.2. The van der Waals surface area contributed by atoms with Gasteiger partial charge in [-0.05, 0) is 28.7 Å². The molecule has 2 aromatic rings. The molecule has 33 heavy (non-hydrogen) atoms. The Morgan fingerprint density at radius 1 is 1.03 bits per heavy atom. The molecule has 3 aliphatic rings. The van der Waals surface area contributed by atoms with E-state index >= 15 is 0 Å². The van der Waals surface area contributed by atoms with E-state index in [1.54, 1.807) is 12.2 Å². The molecule has 0 bridgehead atoms. The van der Waals surface area contributed by atoms with Crippen molar-refractivity contribution in [1.29, 1.82) is 0 Å². The van der Waals surface area contributed by atoms with E-state index in [1.807, 2.05) is 24.3 Å². The average molecular weight is 465 g/mol. The summed E-state index contributed by atoms with van der Waals surface area (Å²) in [7, 11) is 0. The molecule has 2 amide bonds. The van der Waals surface area contributed by atoms with Crippen LogP contribution in [0.15, 0.2) is 60.7 Å². The van der Waals surface area contributed by atoms with Crippen LogP contribution in [0.25, 0.3) is 11.1 Å². The highest BCUT2D eigenvalue weighted by Gasteiger charge is 2.39. The molecule has 3 unspecified atom stereocenters. The monoisotopic (exact) mass is 464 g/mol. The number of carbonyl (C=O) groups is 3. The van der Waals surface area contributed by atoms with E-state index in [0.29, 0.717) is 18.1 Å². The van der Waals surface area contributed by atoms with Crippen LogP contribution in [0.5, 0.6) is 0 Å². The number of carbonyl (C=O) groups excluding carboxylic acids is 2. The molecular formula is C25H24N2O5S. The van der Waals surface area contributed by atoms with Crippen LogP contribution in [-0.4, -0.2) is 58.3 Å². The molecule has 2 N–H and O–H groups in total. The molecular weight excluding hydrogens is 440 g/mol. The smallest absolute Gasteiger partial charge is 0.407 e. The lowest BCUT2D eigenvalue weighted by atomic mass is 9.98. The summed E-state index contributed by atoms with van der Waals surface area (Å²) in [5, 5.41) is 12.1. The second-order valence-electron chi connectivity index (χ2n) is 8.47. The summed E-state index contributed by atoms with van der Waals surface area (Å²) in [5.74, 6) is -0.866. The van der Waals surface area contributed by atoms with Crippen LogP contribution < -0.4 is 5.32 Å². The molecule has 5 rings (SSSR count). The van der Waals surface area contributed by atoms with Gasteiger partial charge in [-0.1, -0.05) is 60.7 Å². The lowest BCUT2D eigenvalue weighted by molar-refractivity contribution is -0.148. The van der Waals surface area contributed by atoms with Gasteiger partial charge in [-0.2, -0.15) is 0 Å². The van der Waals surface area contributed by atoms with Gasteiger partial charge < -0.3 is 20.1 Å². The molecule has 1 heterocycles. The molecule has 0 radical (unpaired) electrons. The zero-order valence-corrected chi connectivity index (χ0v) is 18.7. The third-order valence-corrected chi connectivity index (χ3v) is 7.51. The van der Waals surface area contributed by atoms with E-state index in [0.717, 1.165) is 11.1 Å². The van der Waals surface area contributed by atoms with Crippen LogP contribution in [0, 0.1) is 5.92 Å². The molecule has 2 aromatic carbocycles. The number of aliphatic carboxylic acids is 1. The highest BCUT2D eigenvalue weighted by atomic mass is 32.2. The zero-order chi connectivity index (χ0) is 22.9. The molecule has 3 atom stereocenters. The summed E-state index contributed by atoms with van der Waals surface area (Å²) < 4.78 is 5.59. The SMILES string of the molecule is O=C(NC1C=CC(C(=O)N2CSCC2C(=O)O)C1)OCC1c2ccccc2-c2ccccc21. The Balaban J connectivity index is 1.17. The predicted octanol–water partition coefficient (Wildman–Crippen LogP) is 3.46. The van der Waals surface area contributed by atoms with Crippen molar-refractivity contribution in [3.63, 3.8) is 0 Å². The molecule has 7 nitrogen and oxygen atoms in total. The molecule has 8 heteroatoms. The maximum atomic E-state index is 12.8. The normalized spacial score (nSPS) is 23.3. The number of hydrogen-bond acceptors (Lipinski definition) is 5. The minimum Gasteiger partial charge on any atom is -0.480 e. The first kappa shape index (κ1) is 21.6. The fourth-order valence-electron chi connectivity index (χ4n) is 4.86. The number of carboxylic acid groups (broad SMARTS) is 1. The number of ether oxygens (including phenoxy) is 1. The fraction of sp³-hybridized carbons (Fsp3) is 0.320. The topological polar surface area (TPSA) is 95.9 Å². The van der Waals surface area contributed by atoms with E-state index in [-0.39, 0.29) is 24.5 Å². The van der Waals surface area contributed by atoms with E-state index in [1.165, 1.54) is 27.8 Å². The molecule has 1 fully saturated rings. The third kappa shape index (κ3) is 4.11. The van der Waals surface area contributed by atoms with Gasteiger partial charge >= 0.3 is 12.1 Å². The Bertz CT molecular complexity index is 1090. The fourth-order valence-corrected chi connectivity index (χ4v) is 6.01. The minimum absolute atomic E-state index is 0.0165. The summed E-state index contributed by atoms with van der Waals surface area (Å²) in [6.45, 7) is 0.226. The Morgan fingerprint density at radius 2 is 1.70 bits per heavy atom. The highest BCUT2D eigenvalue weighted by Crippen LogP contribution is 2.44. The highest BCUT2D eigenvalue weighted by molar-refractivity contribution is 7.99. The number of thioether (sulfide) groups is 1. The molecule has 0 aromatic heterocycles. The van der Waals surface area contributed by atoms with Crippen LogP contribution in [0.3, 0.4) is 0 Å². The van der Waals surface area contributed by atoms with E-state index in [4.69, 9.17) is 4.74 Å². The van der Waals surface area contributed by atoms with E-state index in [2.05, 4.69) is 29.6 Å². The standard InChI is InChI=1S/C25H24N2O5S/c28-23(27-14-33-13-22(27)24(29)30)15-9-10-16(11-15)26-25(31)32-12-21-19-7-3-1-5-17(19)18-6-2-4-8-20(18)21/h1-10,15-16,21-22H,11-14H2,(H,26,31)(H,29,30). The first-order chi connectivity index (χ1) is 16.0. The lowest BCUT2D eigenvalue weighted by Crippen LogP contribution is -2.44. The number of nitrogens with zero attached hydrogens (tertiary/aromatic N) is 1. The second-order valence-corrected chi connectivity index (χ2v) is 9.47. The largest absolute Gasteiger partial charge is 0.480 e. The quantitative estimate of drug-likeness (QED) is 0.658. The van der Waals surface area contributed by atoms with Gasteiger partial charge in [-0.3, -0.25) is 4.79 Å². The number of rotatable bonds is 5. The number of alkyl carbamates (subject to hydrolysis) is 1. The number of nitrogens with one attached hydrogen (secondary N) is 1. The van der Waals surface area contributed by atoms with Crippen LogP contribution in [0.4, 0.5) is 4.79 Å². The van der Waals surface area contributed by atoms with Gasteiger partial charge in [0.05, 0.1) is 17.8 Å². The predicted molar refractivity (Wildman–Crippen MR) is 125 cm³/mol. The van der Waals surface area contributed by atoms with Gasteiger partial charge in [0.2, 0.25) is 5.91 Å². The van der Waals surface area contributed by atoms with Crippen molar-refractivity contribution in [3.8, 4) is 11.1 Å². The first-order valence-corrected chi connectivity index (χ1v) is 12.1. The Labute approximate surface area is 195 Å². The van der Waals surface area contributed by atoms with Gasteiger partial charge in [0.1, 0.15) is 12.6 Å². The summed E-state index contributed by atoms with van der Waals surface area (Å²) >= 11 is 1.44. The van der Waals surface area contributed by atoms with Crippen molar-refractivity contribution in [3.05, 3.63) is 71.8 Å². The van der Waals surface area contributed by atoms with Crippen LogP contribution in [0.2, 0.25) is 0 Å². The van der Waals surface area contributed by atoms with Crippen molar-refractivity contribution in [1.82, 2.24) is 10.2 Å². The van der Waals surface area contributed by atoms with Crippen molar-refractivity contribution in [2.24, 2.45) is 5.92 Å². The Hall–Kier alpha value is -3.26. The van der Waals surface area contributed by atoms with E-state index in [9.17, 15) is 19.5 Å². The van der Waals surface area contributed by atoms with Crippen molar-refractivity contribution < 1.29 is 24.2 Å². The number of carboxylic acids is 1. The number of hydrogen-bond donors (Lipinski definition) is 2. The van der Waals surface area contributed by atoms with Gasteiger partial charge in [-0.25, -0.2) is 9.59 Å². The number of fused-ring (bicyclic) bond motifs is 3. The minimum atomic E-state index is -0.983. The summed E-state index contributed by atoms with van der Waals surface area (Å²) in [4.78, 5) is 38.1. The molecule has 2 aliphatic carbocycles. The second kappa shape index (κ2) is 8.94. The molecule has 0 saturated carbocycles. The first-order valence-electron chi connectivity index (χ1n) is 10.9. The van der Waals surface area contributed by atoms with Gasteiger partial charge in [0.25, 0.3) is 0 Å². The summed E-state index contributed by atoms with van der Waals surface area (Å²) in [6.07, 6.45) is 3.40. The third-order valence-electron chi connectivity index (χ3n) is 6.50. The Morgan fingerprint density at radius 3 is 2.36 bits per heavy atom. The molecule has 1 aliphatic heterocycles. The van der Waals surface area contributed by atoms with Crippen LogP contribution in [-0.2, 0) is 14.3 Å². The van der Waals surface area contributed by atoms with Crippen LogP contribution in [0.1, 0.15) is 23.5 Å². The maximum absolute atomic E-state index is 12.8. The molecule has 0 spiro atoms. The van der Waals surface area contributed by atoms with Crippen molar-refractivity contribution in [2.45, 2.75) is 24.4 Å². The summed E-state index contributed by atoms with van der Waals surface area (Å²) in [5.41, 5.74) is 4.63. The van der Waals surface area contributed by atoms with E-state index < -0.39 is 24.0 Å². The van der Waals surface area contributed by atoms with Crippen molar-refractivity contribution >= 4 is 29.7 Å². The number of benzene rings is 2. The Kier molecular flexibility index (Phi) is 5.85. The van der Waals surface area contributed by atoms with Crippen LogP contribution >= 0.6 is 11.8 Å². The van der Waals surface area contributed by atoms with Gasteiger partial charge in [0.15, 0.2) is 0 Å². The molecule has 1 saturated heterocycles. The van der Waals surface area contributed by atoms with Crippen molar-refractivity contribution in [2.75, 3.05) is 18.2 Å². The average Bonchev–Trinajstić information content (AvgIpc) is 3.55. The number of amides is 2. The van der Waals surface area contributed by atoms with Gasteiger partial charge in [-0.15, -0.1) is 11.8 Å². The van der Waals surface area contributed by atoms with Gasteiger partial charge in [0, 0.05) is 11.7 Å². The molecule has 170 valence electrons. The zero-order valence-electron chi connectivity index (χ0n) is 17.8. The maximum Gasteiger partial charge on any atom is 0.407 e.